The van der Waals surface area contributed by atoms with Gasteiger partial charge in [-0.15, -0.1) is 0 Å². The van der Waals surface area contributed by atoms with Gasteiger partial charge in [-0.05, 0) is 59.8 Å². The van der Waals surface area contributed by atoms with Gasteiger partial charge in [-0.1, -0.05) is 81.6 Å². The summed E-state index contributed by atoms with van der Waals surface area (Å²) in [5, 5.41) is 15.3. The standard InChI is InChI=1S/C33H41N3O6/c1-20(2)28(35-33(41)42-19-26-24-15-8-6-13-22(24)23-14-7-9-16-25(23)26)31(38)36-18-10-17-27(36)30(37)34-29(32(39)40)21-11-4-3-5-12-21/h6-9,13-16,20-21,26-29H,3-5,10-12,17-19H2,1-2H3,(H,34,37)(H,35,41)(H,39,40)/t27-,28-,29-/m0/s1. The summed E-state index contributed by atoms with van der Waals surface area (Å²) in [7, 11) is 0. The SMILES string of the molecule is CC(C)[C@H](NC(=O)OCC1c2ccccc2-c2ccccc21)C(=O)N1CCC[C@H]1C(=O)N[C@H](C(=O)O)C1CCCCC1. The van der Waals surface area contributed by atoms with E-state index < -0.39 is 36.1 Å². The van der Waals surface area contributed by atoms with Crippen molar-refractivity contribution in [2.45, 2.75) is 82.8 Å². The molecule has 3 aliphatic rings. The highest BCUT2D eigenvalue weighted by atomic mass is 16.5. The molecule has 0 unspecified atom stereocenters. The van der Waals surface area contributed by atoms with Gasteiger partial charge in [-0.3, -0.25) is 9.59 Å². The van der Waals surface area contributed by atoms with Crippen molar-refractivity contribution in [2.75, 3.05) is 13.2 Å². The largest absolute Gasteiger partial charge is 0.480 e. The minimum absolute atomic E-state index is 0.102. The number of carbonyl (C=O) groups is 4. The van der Waals surface area contributed by atoms with E-state index in [2.05, 4.69) is 22.8 Å². The molecule has 2 aliphatic carbocycles. The highest BCUT2D eigenvalue weighted by molar-refractivity contribution is 5.93. The molecule has 1 saturated heterocycles. The fraction of sp³-hybridized carbons (Fsp3) is 0.515. The summed E-state index contributed by atoms with van der Waals surface area (Å²) in [6.45, 7) is 4.17. The summed E-state index contributed by atoms with van der Waals surface area (Å²) < 4.78 is 5.69. The molecule has 2 aromatic carbocycles. The lowest BCUT2D eigenvalue weighted by Gasteiger charge is -2.32. The molecule has 2 fully saturated rings. The zero-order valence-corrected chi connectivity index (χ0v) is 24.4. The van der Waals surface area contributed by atoms with Gasteiger partial charge in [0.05, 0.1) is 0 Å². The van der Waals surface area contributed by atoms with E-state index in [1.807, 2.05) is 50.2 Å². The van der Waals surface area contributed by atoms with Crippen molar-refractivity contribution in [1.29, 1.82) is 0 Å². The summed E-state index contributed by atoms with van der Waals surface area (Å²) in [5.41, 5.74) is 4.46. The van der Waals surface area contributed by atoms with Crippen LogP contribution in [0.1, 0.15) is 75.8 Å². The smallest absolute Gasteiger partial charge is 0.407 e. The number of carboxylic acids is 1. The molecule has 5 rings (SSSR count). The Hall–Kier alpha value is -3.88. The molecule has 9 nitrogen and oxygen atoms in total. The number of hydrogen-bond donors (Lipinski definition) is 3. The first kappa shape index (κ1) is 29.6. The molecule has 1 aliphatic heterocycles. The molecule has 0 radical (unpaired) electrons. The summed E-state index contributed by atoms with van der Waals surface area (Å²) >= 11 is 0. The third-order valence-corrected chi connectivity index (χ3v) is 9.07. The van der Waals surface area contributed by atoms with Crippen LogP contribution in [0.2, 0.25) is 0 Å². The molecule has 0 spiro atoms. The second-order valence-electron chi connectivity index (χ2n) is 12.1. The van der Waals surface area contributed by atoms with Gasteiger partial charge in [0.25, 0.3) is 0 Å². The molecule has 3 amide bonds. The first-order chi connectivity index (χ1) is 20.3. The molecular formula is C33H41N3O6. The summed E-state index contributed by atoms with van der Waals surface area (Å²) in [6.07, 6.45) is 4.91. The second kappa shape index (κ2) is 13.0. The van der Waals surface area contributed by atoms with Crippen LogP contribution >= 0.6 is 0 Å². The van der Waals surface area contributed by atoms with Gasteiger partial charge in [-0.2, -0.15) is 0 Å². The zero-order valence-electron chi connectivity index (χ0n) is 24.4. The fourth-order valence-electron chi connectivity index (χ4n) is 6.86. The molecular weight excluding hydrogens is 534 g/mol. The average Bonchev–Trinajstić information content (AvgIpc) is 3.61. The highest BCUT2D eigenvalue weighted by Crippen LogP contribution is 2.44. The van der Waals surface area contributed by atoms with Gasteiger partial charge in [-0.25, -0.2) is 9.59 Å². The first-order valence-corrected chi connectivity index (χ1v) is 15.2. The fourth-order valence-corrected chi connectivity index (χ4v) is 6.86. The van der Waals surface area contributed by atoms with Crippen molar-refractivity contribution in [3.8, 4) is 11.1 Å². The predicted molar refractivity (Wildman–Crippen MR) is 158 cm³/mol. The van der Waals surface area contributed by atoms with E-state index >= 15 is 0 Å². The molecule has 1 heterocycles. The molecule has 3 atom stereocenters. The molecule has 3 N–H and O–H groups in total. The lowest BCUT2D eigenvalue weighted by Crippen LogP contribution is -2.57. The van der Waals surface area contributed by atoms with Gasteiger partial charge >= 0.3 is 12.1 Å². The van der Waals surface area contributed by atoms with Crippen LogP contribution in [0.3, 0.4) is 0 Å². The number of fused-ring (bicyclic) bond motifs is 3. The number of benzene rings is 2. The Bertz CT molecular complexity index is 1270. The van der Waals surface area contributed by atoms with Gasteiger partial charge in [0.2, 0.25) is 11.8 Å². The highest BCUT2D eigenvalue weighted by Gasteiger charge is 2.41. The summed E-state index contributed by atoms with van der Waals surface area (Å²) in [6, 6.07) is 13.5. The number of amides is 3. The Kier molecular flexibility index (Phi) is 9.14. The van der Waals surface area contributed by atoms with E-state index in [4.69, 9.17) is 4.74 Å². The van der Waals surface area contributed by atoms with E-state index in [1.165, 1.54) is 4.90 Å². The number of hydrogen-bond acceptors (Lipinski definition) is 5. The number of carbonyl (C=O) groups excluding carboxylic acids is 3. The van der Waals surface area contributed by atoms with Crippen LogP contribution in [0, 0.1) is 11.8 Å². The van der Waals surface area contributed by atoms with Gasteiger partial charge < -0.3 is 25.4 Å². The molecule has 42 heavy (non-hydrogen) atoms. The number of aliphatic carboxylic acids is 1. The molecule has 0 bridgehead atoms. The lowest BCUT2D eigenvalue weighted by molar-refractivity contribution is -0.146. The molecule has 224 valence electrons. The first-order valence-electron chi connectivity index (χ1n) is 15.2. The van der Waals surface area contributed by atoms with E-state index in [9.17, 15) is 24.3 Å². The number of carboxylic acid groups (broad SMARTS) is 1. The van der Waals surface area contributed by atoms with Crippen LogP contribution in [-0.4, -0.2) is 65.2 Å². The number of ether oxygens (including phenoxy) is 1. The number of likely N-dealkylation sites (tertiary alicyclic amines) is 1. The van der Waals surface area contributed by atoms with Crippen molar-refractivity contribution in [1.82, 2.24) is 15.5 Å². The van der Waals surface area contributed by atoms with Gasteiger partial charge in [0.1, 0.15) is 24.7 Å². The zero-order chi connectivity index (χ0) is 29.8. The Morgan fingerprint density at radius 2 is 1.50 bits per heavy atom. The van der Waals surface area contributed by atoms with Crippen molar-refractivity contribution in [2.24, 2.45) is 11.8 Å². The van der Waals surface area contributed by atoms with Crippen LogP contribution in [0.15, 0.2) is 48.5 Å². The van der Waals surface area contributed by atoms with Crippen molar-refractivity contribution >= 4 is 23.9 Å². The van der Waals surface area contributed by atoms with Crippen molar-refractivity contribution in [3.05, 3.63) is 59.7 Å². The Morgan fingerprint density at radius 1 is 0.881 bits per heavy atom. The third-order valence-electron chi connectivity index (χ3n) is 9.07. The van der Waals surface area contributed by atoms with Crippen molar-refractivity contribution < 1.29 is 29.0 Å². The van der Waals surface area contributed by atoms with Crippen LogP contribution in [-0.2, 0) is 19.1 Å². The molecule has 1 saturated carbocycles. The maximum Gasteiger partial charge on any atom is 0.407 e. The minimum atomic E-state index is -1.04. The summed E-state index contributed by atoms with van der Waals surface area (Å²) in [5.74, 6) is -2.30. The third kappa shape index (κ3) is 6.15. The van der Waals surface area contributed by atoms with E-state index in [0.717, 1.165) is 54.4 Å². The van der Waals surface area contributed by atoms with E-state index in [-0.39, 0.29) is 30.3 Å². The van der Waals surface area contributed by atoms with Gasteiger partial charge in [0, 0.05) is 12.5 Å². The van der Waals surface area contributed by atoms with E-state index in [1.54, 1.807) is 0 Å². The Labute approximate surface area is 247 Å². The maximum absolute atomic E-state index is 13.7. The predicted octanol–water partition coefficient (Wildman–Crippen LogP) is 4.69. The lowest BCUT2D eigenvalue weighted by atomic mass is 9.83. The molecule has 0 aromatic heterocycles. The normalized spacial score (nSPS) is 20.0. The van der Waals surface area contributed by atoms with Crippen LogP contribution in [0.4, 0.5) is 4.79 Å². The topological polar surface area (TPSA) is 125 Å². The van der Waals surface area contributed by atoms with E-state index in [0.29, 0.717) is 19.4 Å². The average molecular weight is 576 g/mol. The number of alkyl carbamates (subject to hydrolysis) is 1. The van der Waals surface area contributed by atoms with Crippen molar-refractivity contribution in [3.63, 3.8) is 0 Å². The van der Waals surface area contributed by atoms with Gasteiger partial charge in [0.15, 0.2) is 0 Å². The summed E-state index contributed by atoms with van der Waals surface area (Å²) in [4.78, 5) is 53.5. The molecule has 9 heteroatoms. The Balaban J connectivity index is 1.22. The maximum atomic E-state index is 13.7. The number of rotatable bonds is 9. The minimum Gasteiger partial charge on any atom is -0.480 e. The van der Waals surface area contributed by atoms with Crippen LogP contribution < -0.4 is 10.6 Å². The van der Waals surface area contributed by atoms with Crippen LogP contribution in [0.5, 0.6) is 0 Å². The Morgan fingerprint density at radius 3 is 2.10 bits per heavy atom. The second-order valence-corrected chi connectivity index (χ2v) is 12.1. The quantitative estimate of drug-likeness (QED) is 0.399. The number of nitrogens with zero attached hydrogens (tertiary/aromatic N) is 1. The molecule has 2 aromatic rings. The monoisotopic (exact) mass is 575 g/mol. The number of nitrogens with one attached hydrogen (secondary N) is 2. The van der Waals surface area contributed by atoms with Crippen LogP contribution in [0.25, 0.3) is 11.1 Å².